The zero-order valence-electron chi connectivity index (χ0n) is 45.7. The van der Waals surface area contributed by atoms with Gasteiger partial charge in [0.05, 0.1) is 0 Å². The summed E-state index contributed by atoms with van der Waals surface area (Å²) in [6.45, 7) is -0.792. The smallest absolute Gasteiger partial charge is 0.432 e. The third-order valence-electron chi connectivity index (χ3n) is 13.0. The Balaban J connectivity index is 1.37. The SMILES string of the molecule is C#C[C@@H](/C=C/CCCCCCCCCC/C=C\CCCCCCCC[C@@H](C#CC#CC#CCOC(=O)[C@](OC)(c1ccccc1)C(F)(F)F)OC(=O)[C@](OC)(c1ccccc1)C(F)(F)F)OC(=O)[C@](OC)(c1ccccc1)C(F)(F)F. The Labute approximate surface area is 469 Å². The number of allylic oxidation sites excluding steroid dienone is 3. The second-order valence-corrected chi connectivity index (χ2v) is 18.5. The molecular formula is C63H69F9O9. The Bertz CT molecular complexity index is 2670. The van der Waals surface area contributed by atoms with Crippen molar-refractivity contribution in [1.29, 1.82) is 0 Å². The summed E-state index contributed by atoms with van der Waals surface area (Å²) in [5.74, 6) is 11.3. The summed E-state index contributed by atoms with van der Waals surface area (Å²) in [5, 5.41) is 0. The number of alkyl halides is 9. The largest absolute Gasteiger partial charge is 0.450 e. The predicted octanol–water partition coefficient (Wildman–Crippen LogP) is 14.4. The van der Waals surface area contributed by atoms with Gasteiger partial charge in [-0.05, 0) is 93.0 Å². The van der Waals surface area contributed by atoms with Crippen LogP contribution in [-0.4, -0.2) is 76.6 Å². The number of unbranched alkanes of at least 4 members (excludes halogenated alkanes) is 15. The Hall–Kier alpha value is -6.96. The van der Waals surface area contributed by atoms with Crippen molar-refractivity contribution in [2.45, 2.75) is 163 Å². The van der Waals surface area contributed by atoms with Gasteiger partial charge in [0.25, 0.3) is 16.8 Å². The van der Waals surface area contributed by atoms with Gasteiger partial charge in [0.15, 0.2) is 18.8 Å². The first-order chi connectivity index (χ1) is 38.7. The molecule has 5 atom stereocenters. The molecule has 0 N–H and O–H groups in total. The van der Waals surface area contributed by atoms with Gasteiger partial charge < -0.3 is 28.4 Å². The maximum atomic E-state index is 14.6. The molecule has 0 aromatic heterocycles. The summed E-state index contributed by atoms with van der Waals surface area (Å²) in [4.78, 5) is 39.0. The molecular weight excluding hydrogens is 1070 g/mol. The number of hydrogen-bond acceptors (Lipinski definition) is 9. The lowest BCUT2D eigenvalue weighted by molar-refractivity contribution is -0.278. The van der Waals surface area contributed by atoms with Gasteiger partial charge in [0.1, 0.15) is 0 Å². The summed E-state index contributed by atoms with van der Waals surface area (Å²) in [7, 11) is 2.27. The van der Waals surface area contributed by atoms with E-state index < -0.39 is 88.7 Å². The third kappa shape index (κ3) is 20.2. The molecule has 18 heteroatoms. The van der Waals surface area contributed by atoms with E-state index in [0.717, 1.165) is 148 Å². The zero-order chi connectivity index (χ0) is 59.7. The molecule has 0 aliphatic rings. The molecule has 3 rings (SSSR count). The number of benzene rings is 3. The van der Waals surface area contributed by atoms with Crippen LogP contribution in [0, 0.1) is 47.9 Å². The van der Waals surface area contributed by atoms with Crippen molar-refractivity contribution in [3.8, 4) is 47.9 Å². The monoisotopic (exact) mass is 1140 g/mol. The molecule has 0 aliphatic heterocycles. The standard InChI is InChI=1S/C63H69F9O9/c1-5-53(80-56(74)59(77-3,62(67,68)69)51-42-32-28-33-43-51)46-36-23-20-18-16-14-12-10-8-6-7-9-11-13-15-17-19-21-24-37-47-54(81-57(75)60(78-4,63(70,71)72)52-44-34-29-35-45-52)48-38-25-22-26-39-49-79-55(73)58(76-2,61(64,65)66)50-40-30-27-31-41-50/h1,9,11,27-36,40-46,53-54H,6-8,10,12-21,23-24,37,47,49H2,2-4H3/b11-9-,46-36+/t53-,54-,58+,59+,60+/m0/s1. The van der Waals surface area contributed by atoms with Crippen LogP contribution >= 0.6 is 0 Å². The molecule has 0 amide bonds. The van der Waals surface area contributed by atoms with Crippen LogP contribution in [0.25, 0.3) is 0 Å². The lowest BCUT2D eigenvalue weighted by atomic mass is 9.92. The van der Waals surface area contributed by atoms with Crippen LogP contribution in [0.3, 0.4) is 0 Å². The van der Waals surface area contributed by atoms with Gasteiger partial charge in [-0.2, -0.15) is 39.5 Å². The summed E-state index contributed by atoms with van der Waals surface area (Å²) in [5.41, 5.74) is -11.6. The van der Waals surface area contributed by atoms with E-state index in [1.54, 1.807) is 6.08 Å². The van der Waals surface area contributed by atoms with Gasteiger partial charge >= 0.3 is 36.4 Å². The number of terminal acetylenes is 1. The second kappa shape index (κ2) is 35.0. The van der Waals surface area contributed by atoms with Crippen LogP contribution in [0.5, 0.6) is 0 Å². The first kappa shape index (κ1) is 68.3. The van der Waals surface area contributed by atoms with E-state index in [4.69, 9.17) is 30.1 Å². The van der Waals surface area contributed by atoms with Crippen LogP contribution in [0.4, 0.5) is 39.5 Å². The molecule has 3 aromatic carbocycles. The van der Waals surface area contributed by atoms with E-state index in [1.165, 1.54) is 60.7 Å². The van der Waals surface area contributed by atoms with Crippen molar-refractivity contribution in [3.63, 3.8) is 0 Å². The van der Waals surface area contributed by atoms with Gasteiger partial charge in [0, 0.05) is 38.0 Å². The highest BCUT2D eigenvalue weighted by Crippen LogP contribution is 2.45. The minimum atomic E-state index is -5.22. The summed E-state index contributed by atoms with van der Waals surface area (Å²) < 4.78 is 158. The fraction of sp³-hybridized carbons (Fsp3) is 0.476. The minimum absolute atomic E-state index is 0.0739. The first-order valence-corrected chi connectivity index (χ1v) is 26.6. The van der Waals surface area contributed by atoms with E-state index in [1.807, 2.05) is 0 Å². The Morgan fingerprint density at radius 3 is 1.22 bits per heavy atom. The van der Waals surface area contributed by atoms with Crippen molar-refractivity contribution in [3.05, 3.63) is 132 Å². The van der Waals surface area contributed by atoms with Crippen molar-refractivity contribution in [1.82, 2.24) is 0 Å². The van der Waals surface area contributed by atoms with Gasteiger partial charge in [-0.25, -0.2) is 14.4 Å². The van der Waals surface area contributed by atoms with E-state index in [-0.39, 0.29) is 6.42 Å². The quantitative estimate of drug-likeness (QED) is 0.0147. The van der Waals surface area contributed by atoms with Crippen LogP contribution in [0.1, 0.15) is 132 Å². The molecule has 9 nitrogen and oxygen atoms in total. The first-order valence-electron chi connectivity index (χ1n) is 26.6. The highest BCUT2D eigenvalue weighted by atomic mass is 19.4. The van der Waals surface area contributed by atoms with Gasteiger partial charge in [-0.1, -0.05) is 179 Å². The fourth-order valence-corrected chi connectivity index (χ4v) is 8.66. The Morgan fingerprint density at radius 2 is 0.827 bits per heavy atom. The van der Waals surface area contributed by atoms with Crippen molar-refractivity contribution in [2.24, 2.45) is 0 Å². The Morgan fingerprint density at radius 1 is 0.469 bits per heavy atom. The molecule has 0 heterocycles. The van der Waals surface area contributed by atoms with E-state index in [9.17, 15) is 53.9 Å². The highest BCUT2D eigenvalue weighted by molar-refractivity contribution is 5.84. The van der Waals surface area contributed by atoms with Crippen LogP contribution < -0.4 is 0 Å². The maximum absolute atomic E-state index is 14.6. The molecule has 0 saturated carbocycles. The number of esters is 3. The number of carbonyl (C=O) groups excluding carboxylic acids is 3. The van der Waals surface area contributed by atoms with Crippen LogP contribution in [0.2, 0.25) is 0 Å². The third-order valence-corrected chi connectivity index (χ3v) is 13.0. The number of ether oxygens (including phenoxy) is 6. The van der Waals surface area contributed by atoms with Gasteiger partial charge in [0.2, 0.25) is 0 Å². The van der Waals surface area contributed by atoms with E-state index in [2.05, 4.69) is 58.3 Å². The molecule has 0 bridgehead atoms. The number of hydrogen-bond donors (Lipinski definition) is 0. The van der Waals surface area contributed by atoms with Crippen molar-refractivity contribution < 1.29 is 82.3 Å². The van der Waals surface area contributed by atoms with E-state index >= 15 is 0 Å². The molecule has 0 spiro atoms. The van der Waals surface area contributed by atoms with Crippen LogP contribution in [0.15, 0.2) is 115 Å². The molecule has 0 saturated heterocycles. The molecule has 0 aliphatic carbocycles. The molecule has 81 heavy (non-hydrogen) atoms. The Kier molecular flexibility index (Phi) is 29.5. The molecule has 0 fully saturated rings. The average Bonchev–Trinajstić information content (AvgIpc) is 3.55. The molecule has 0 radical (unpaired) electrons. The summed E-state index contributed by atoms with van der Waals surface area (Å²) in [6.07, 6.45) is 10.6. The van der Waals surface area contributed by atoms with Crippen LogP contribution in [-0.2, 0) is 59.6 Å². The normalized spacial score (nSPS) is 14.7. The minimum Gasteiger partial charge on any atom is -0.450 e. The fourth-order valence-electron chi connectivity index (χ4n) is 8.66. The molecule has 3 aromatic rings. The molecule has 0 unspecified atom stereocenters. The number of rotatable bonds is 33. The zero-order valence-corrected chi connectivity index (χ0v) is 45.7. The molecule has 438 valence electrons. The van der Waals surface area contributed by atoms with Gasteiger partial charge in [-0.3, -0.25) is 0 Å². The topological polar surface area (TPSA) is 107 Å². The van der Waals surface area contributed by atoms with Crippen molar-refractivity contribution >= 4 is 17.9 Å². The summed E-state index contributed by atoms with van der Waals surface area (Å²) >= 11 is 0. The lowest BCUT2D eigenvalue weighted by Gasteiger charge is -2.33. The summed E-state index contributed by atoms with van der Waals surface area (Å²) in [6, 6.07) is 19.1. The number of halogens is 9. The van der Waals surface area contributed by atoms with Crippen molar-refractivity contribution in [2.75, 3.05) is 27.9 Å². The second-order valence-electron chi connectivity index (χ2n) is 18.5. The number of carbonyl (C=O) groups is 3. The highest BCUT2D eigenvalue weighted by Gasteiger charge is 2.66. The van der Waals surface area contributed by atoms with E-state index in [0.29, 0.717) is 19.3 Å². The maximum Gasteiger partial charge on any atom is 0.432 e. The predicted molar refractivity (Wildman–Crippen MR) is 288 cm³/mol. The average molecular weight is 1140 g/mol. The lowest BCUT2D eigenvalue weighted by Crippen LogP contribution is -2.52. The van der Waals surface area contributed by atoms with Gasteiger partial charge in [-0.15, -0.1) is 6.42 Å². The number of methoxy groups -OCH3 is 3.